The van der Waals surface area contributed by atoms with Crippen molar-refractivity contribution in [2.45, 2.75) is 12.5 Å². The van der Waals surface area contributed by atoms with Crippen LogP contribution in [0, 0.1) is 0 Å². The zero-order valence-electron chi connectivity index (χ0n) is 7.00. The Morgan fingerprint density at radius 2 is 2.00 bits per heavy atom. The van der Waals surface area contributed by atoms with Gasteiger partial charge in [0.05, 0.1) is 16.7 Å². The molecule has 1 rings (SSSR count). The van der Waals surface area contributed by atoms with Crippen molar-refractivity contribution in [2.75, 3.05) is 6.61 Å². The third-order valence-electron chi connectivity index (χ3n) is 1.72. The maximum Gasteiger partial charge on any atom is 0.0595 e. The Balaban J connectivity index is 2.73. The van der Waals surface area contributed by atoms with E-state index in [9.17, 15) is 0 Å². The molecule has 0 aliphatic carbocycles. The first-order chi connectivity index (χ1) is 6.13. The molecule has 13 heavy (non-hydrogen) atoms. The van der Waals surface area contributed by atoms with Crippen LogP contribution in [0.1, 0.15) is 5.56 Å². The van der Waals surface area contributed by atoms with Crippen molar-refractivity contribution in [3.05, 3.63) is 33.8 Å². The maximum absolute atomic E-state index is 8.74. The molecule has 0 saturated heterocycles. The summed E-state index contributed by atoms with van der Waals surface area (Å²) in [6, 6.07) is 5.10. The molecule has 1 aromatic carbocycles. The van der Waals surface area contributed by atoms with E-state index in [1.54, 1.807) is 12.1 Å². The van der Waals surface area contributed by atoms with Gasteiger partial charge in [-0.25, -0.2) is 0 Å². The fraction of sp³-hybridized carbons (Fsp3) is 0.333. The van der Waals surface area contributed by atoms with Crippen LogP contribution in [0.2, 0.25) is 10.0 Å². The zero-order chi connectivity index (χ0) is 9.84. The number of aliphatic hydroxyl groups excluding tert-OH is 1. The maximum atomic E-state index is 8.74. The molecule has 0 aromatic heterocycles. The van der Waals surface area contributed by atoms with Gasteiger partial charge in [0.1, 0.15) is 0 Å². The van der Waals surface area contributed by atoms with Crippen LogP contribution in [0.25, 0.3) is 0 Å². The van der Waals surface area contributed by atoms with Crippen molar-refractivity contribution in [3.63, 3.8) is 0 Å². The SMILES string of the molecule is N[C@H](CO)Cc1ccc(Cl)c(Cl)c1. The van der Waals surface area contributed by atoms with E-state index >= 15 is 0 Å². The van der Waals surface area contributed by atoms with Crippen LogP contribution >= 0.6 is 23.2 Å². The van der Waals surface area contributed by atoms with Crippen LogP contribution in [0.15, 0.2) is 18.2 Å². The van der Waals surface area contributed by atoms with Gasteiger partial charge in [0.25, 0.3) is 0 Å². The van der Waals surface area contributed by atoms with Crippen molar-refractivity contribution in [3.8, 4) is 0 Å². The lowest BCUT2D eigenvalue weighted by Crippen LogP contribution is -2.26. The summed E-state index contributed by atoms with van der Waals surface area (Å²) in [5.74, 6) is 0. The summed E-state index contributed by atoms with van der Waals surface area (Å²) in [5.41, 5.74) is 6.55. The Morgan fingerprint density at radius 3 is 2.54 bits per heavy atom. The zero-order valence-corrected chi connectivity index (χ0v) is 8.52. The highest BCUT2D eigenvalue weighted by Crippen LogP contribution is 2.22. The van der Waals surface area contributed by atoms with Crippen LogP contribution < -0.4 is 5.73 Å². The average molecular weight is 220 g/mol. The first-order valence-corrected chi connectivity index (χ1v) is 4.69. The molecular formula is C9H11Cl2NO. The summed E-state index contributed by atoms with van der Waals surface area (Å²) in [4.78, 5) is 0. The summed E-state index contributed by atoms with van der Waals surface area (Å²) in [5, 5.41) is 9.78. The van der Waals surface area contributed by atoms with Crippen LogP contribution in [0.5, 0.6) is 0 Å². The van der Waals surface area contributed by atoms with E-state index in [1.165, 1.54) is 0 Å². The van der Waals surface area contributed by atoms with Crippen molar-refractivity contribution < 1.29 is 5.11 Å². The molecule has 0 radical (unpaired) electrons. The second-order valence-electron chi connectivity index (χ2n) is 2.90. The molecule has 0 spiro atoms. The molecule has 0 heterocycles. The molecule has 0 unspecified atom stereocenters. The lowest BCUT2D eigenvalue weighted by molar-refractivity contribution is 0.265. The summed E-state index contributed by atoms with van der Waals surface area (Å²) in [6.45, 7) is -0.0275. The molecule has 0 fully saturated rings. The number of halogens is 2. The van der Waals surface area contributed by atoms with Crippen molar-refractivity contribution in [2.24, 2.45) is 5.73 Å². The number of benzene rings is 1. The fourth-order valence-electron chi connectivity index (χ4n) is 1.03. The van der Waals surface area contributed by atoms with E-state index in [2.05, 4.69) is 0 Å². The summed E-state index contributed by atoms with van der Waals surface area (Å²) in [7, 11) is 0. The van der Waals surface area contributed by atoms with E-state index < -0.39 is 0 Å². The van der Waals surface area contributed by atoms with Gasteiger partial charge in [0.2, 0.25) is 0 Å². The number of hydrogen-bond donors (Lipinski definition) is 2. The Bertz CT molecular complexity index is 291. The van der Waals surface area contributed by atoms with Crippen LogP contribution in [0.3, 0.4) is 0 Å². The molecule has 3 N–H and O–H groups in total. The third kappa shape index (κ3) is 3.16. The highest BCUT2D eigenvalue weighted by molar-refractivity contribution is 6.42. The molecule has 72 valence electrons. The monoisotopic (exact) mass is 219 g/mol. The highest BCUT2D eigenvalue weighted by atomic mass is 35.5. The smallest absolute Gasteiger partial charge is 0.0595 e. The Morgan fingerprint density at radius 1 is 1.31 bits per heavy atom. The quantitative estimate of drug-likeness (QED) is 0.816. The highest BCUT2D eigenvalue weighted by Gasteiger charge is 2.04. The minimum atomic E-state index is -0.239. The first-order valence-electron chi connectivity index (χ1n) is 3.94. The Labute approximate surface area is 87.3 Å². The molecule has 0 bridgehead atoms. The van der Waals surface area contributed by atoms with Gasteiger partial charge in [0, 0.05) is 6.04 Å². The predicted molar refractivity (Wildman–Crippen MR) is 55.2 cm³/mol. The van der Waals surface area contributed by atoms with Crippen LogP contribution in [-0.4, -0.2) is 17.8 Å². The van der Waals surface area contributed by atoms with Gasteiger partial charge >= 0.3 is 0 Å². The normalized spacial score (nSPS) is 12.9. The number of nitrogens with two attached hydrogens (primary N) is 1. The van der Waals surface area contributed by atoms with E-state index in [4.69, 9.17) is 34.0 Å². The van der Waals surface area contributed by atoms with Crippen LogP contribution in [0.4, 0.5) is 0 Å². The standard InChI is InChI=1S/C9H11Cl2NO/c10-8-2-1-6(4-9(8)11)3-7(12)5-13/h1-2,4,7,13H,3,5,12H2/t7-/m0/s1. The van der Waals surface area contributed by atoms with E-state index in [1.807, 2.05) is 6.07 Å². The van der Waals surface area contributed by atoms with E-state index in [0.29, 0.717) is 16.5 Å². The molecule has 0 aliphatic heterocycles. The fourth-order valence-corrected chi connectivity index (χ4v) is 1.35. The molecule has 0 saturated carbocycles. The number of aliphatic hydroxyl groups is 1. The molecule has 0 amide bonds. The first kappa shape index (κ1) is 10.8. The van der Waals surface area contributed by atoms with Gasteiger partial charge in [-0.3, -0.25) is 0 Å². The largest absolute Gasteiger partial charge is 0.395 e. The van der Waals surface area contributed by atoms with Gasteiger partial charge in [-0.2, -0.15) is 0 Å². The van der Waals surface area contributed by atoms with Crippen LogP contribution in [-0.2, 0) is 6.42 Å². The van der Waals surface area contributed by atoms with Crippen molar-refractivity contribution in [1.29, 1.82) is 0 Å². The average Bonchev–Trinajstić information content (AvgIpc) is 2.11. The Kier molecular flexibility index (Phi) is 4.00. The molecule has 0 aliphatic rings. The van der Waals surface area contributed by atoms with E-state index in [0.717, 1.165) is 5.56 Å². The van der Waals surface area contributed by atoms with Gasteiger partial charge < -0.3 is 10.8 Å². The molecule has 1 aromatic rings. The minimum absolute atomic E-state index is 0.0275. The van der Waals surface area contributed by atoms with Gasteiger partial charge in [-0.05, 0) is 24.1 Å². The second kappa shape index (κ2) is 4.82. The molecule has 2 nitrogen and oxygen atoms in total. The van der Waals surface area contributed by atoms with E-state index in [-0.39, 0.29) is 12.6 Å². The van der Waals surface area contributed by atoms with Gasteiger partial charge in [0.15, 0.2) is 0 Å². The topological polar surface area (TPSA) is 46.2 Å². The predicted octanol–water partition coefficient (Wildman–Crippen LogP) is 1.86. The summed E-state index contributed by atoms with van der Waals surface area (Å²) in [6.07, 6.45) is 0.605. The van der Waals surface area contributed by atoms with Crippen molar-refractivity contribution in [1.82, 2.24) is 0 Å². The number of hydrogen-bond acceptors (Lipinski definition) is 2. The minimum Gasteiger partial charge on any atom is -0.395 e. The van der Waals surface area contributed by atoms with Crippen molar-refractivity contribution >= 4 is 23.2 Å². The number of rotatable bonds is 3. The molecular weight excluding hydrogens is 209 g/mol. The lowest BCUT2D eigenvalue weighted by Gasteiger charge is -2.08. The molecule has 1 atom stereocenters. The lowest BCUT2D eigenvalue weighted by atomic mass is 10.1. The van der Waals surface area contributed by atoms with Gasteiger partial charge in [-0.1, -0.05) is 29.3 Å². The van der Waals surface area contributed by atoms with Gasteiger partial charge in [-0.15, -0.1) is 0 Å². The second-order valence-corrected chi connectivity index (χ2v) is 3.71. The molecule has 4 heteroatoms. The Hall–Kier alpha value is -0.280. The third-order valence-corrected chi connectivity index (χ3v) is 2.46. The summed E-state index contributed by atoms with van der Waals surface area (Å²) >= 11 is 11.5. The summed E-state index contributed by atoms with van der Waals surface area (Å²) < 4.78 is 0.